The first-order chi connectivity index (χ1) is 9.00. The number of rotatable bonds is 3. The van der Waals surface area contributed by atoms with Crippen LogP contribution in [0.5, 0.6) is 0 Å². The van der Waals surface area contributed by atoms with Gasteiger partial charge < -0.3 is 0 Å². The summed E-state index contributed by atoms with van der Waals surface area (Å²) in [7, 11) is 0. The maximum absolute atomic E-state index is 12.6. The Kier molecular flexibility index (Phi) is 3.61. The van der Waals surface area contributed by atoms with Crippen LogP contribution in [0.25, 0.3) is 0 Å². The lowest BCUT2D eigenvalue weighted by Gasteiger charge is -2.09. The summed E-state index contributed by atoms with van der Waals surface area (Å²) in [5.41, 5.74) is 3.66. The van der Waals surface area contributed by atoms with Gasteiger partial charge in [-0.2, -0.15) is 0 Å². The summed E-state index contributed by atoms with van der Waals surface area (Å²) in [5.74, 6) is -0.183. The summed E-state index contributed by atoms with van der Waals surface area (Å²) in [5, 5.41) is 0. The molecular formula is C17H16O2. The number of aryl methyl sites for hydroxylation is 2. The number of carbonyl (C=O) groups excluding carboxylic acids is 2. The first-order valence-corrected chi connectivity index (χ1v) is 6.22. The van der Waals surface area contributed by atoms with Gasteiger partial charge in [-0.1, -0.05) is 48.0 Å². The smallest absolute Gasteiger partial charge is 0.194 e. The fourth-order valence-electron chi connectivity index (χ4n) is 2.20. The van der Waals surface area contributed by atoms with E-state index >= 15 is 0 Å². The fourth-order valence-corrected chi connectivity index (χ4v) is 2.20. The molecule has 0 aliphatic rings. The highest BCUT2D eigenvalue weighted by atomic mass is 16.1. The molecule has 0 amide bonds. The van der Waals surface area contributed by atoms with Crippen LogP contribution < -0.4 is 0 Å². The van der Waals surface area contributed by atoms with Crippen LogP contribution in [0.1, 0.15) is 44.3 Å². The predicted octanol–water partition coefficient (Wildman–Crippen LogP) is 3.74. The average molecular weight is 252 g/mol. The van der Waals surface area contributed by atoms with E-state index < -0.39 is 0 Å². The molecule has 2 heteroatoms. The first-order valence-electron chi connectivity index (χ1n) is 6.22. The van der Waals surface area contributed by atoms with Gasteiger partial charge in [-0.25, -0.2) is 0 Å². The monoisotopic (exact) mass is 252 g/mol. The minimum Gasteiger partial charge on any atom is -0.294 e. The largest absolute Gasteiger partial charge is 0.294 e. The van der Waals surface area contributed by atoms with E-state index in [-0.39, 0.29) is 11.6 Å². The average Bonchev–Trinajstić information content (AvgIpc) is 2.38. The molecule has 0 aliphatic heterocycles. The van der Waals surface area contributed by atoms with E-state index in [2.05, 4.69) is 0 Å². The topological polar surface area (TPSA) is 34.1 Å². The van der Waals surface area contributed by atoms with Crippen molar-refractivity contribution in [1.82, 2.24) is 0 Å². The predicted molar refractivity (Wildman–Crippen MR) is 75.8 cm³/mol. The lowest BCUT2D eigenvalue weighted by atomic mass is 9.93. The van der Waals surface area contributed by atoms with Crippen LogP contribution in [0.2, 0.25) is 0 Å². The number of carbonyl (C=O) groups is 2. The van der Waals surface area contributed by atoms with Crippen LogP contribution in [0.15, 0.2) is 42.5 Å². The molecule has 0 heterocycles. The van der Waals surface area contributed by atoms with Crippen molar-refractivity contribution in [2.24, 2.45) is 0 Å². The minimum absolute atomic E-state index is 0.0892. The molecule has 2 nitrogen and oxygen atoms in total. The Hall–Kier alpha value is -2.22. The zero-order valence-corrected chi connectivity index (χ0v) is 11.4. The number of Topliss-reactive ketones (excluding diaryl/α,β-unsaturated/α-hetero) is 1. The van der Waals surface area contributed by atoms with Crippen molar-refractivity contribution in [3.8, 4) is 0 Å². The summed E-state index contributed by atoms with van der Waals surface area (Å²) in [4.78, 5) is 24.1. The molecule has 0 aliphatic carbocycles. The second-order valence-electron chi connectivity index (χ2n) is 4.75. The van der Waals surface area contributed by atoms with Gasteiger partial charge >= 0.3 is 0 Å². The molecule has 0 fully saturated rings. The maximum atomic E-state index is 12.6. The third kappa shape index (κ3) is 2.63. The third-order valence-electron chi connectivity index (χ3n) is 3.18. The zero-order valence-electron chi connectivity index (χ0n) is 11.4. The molecule has 0 saturated carbocycles. The van der Waals surface area contributed by atoms with Crippen molar-refractivity contribution in [2.45, 2.75) is 20.8 Å². The van der Waals surface area contributed by atoms with E-state index in [1.165, 1.54) is 6.92 Å². The van der Waals surface area contributed by atoms with Crippen LogP contribution in [0.3, 0.4) is 0 Å². The molecular weight excluding hydrogens is 236 g/mol. The van der Waals surface area contributed by atoms with Crippen LogP contribution >= 0.6 is 0 Å². The summed E-state index contributed by atoms with van der Waals surface area (Å²) >= 11 is 0. The SMILES string of the molecule is CC(=O)c1ccccc1C(=O)c1ccc(C)cc1C. The normalized spacial score (nSPS) is 10.3. The van der Waals surface area contributed by atoms with Gasteiger partial charge in [0.25, 0.3) is 0 Å². The van der Waals surface area contributed by atoms with E-state index in [1.807, 2.05) is 32.0 Å². The van der Waals surface area contributed by atoms with Crippen LogP contribution in [0, 0.1) is 13.8 Å². The quantitative estimate of drug-likeness (QED) is 0.780. The molecule has 2 aromatic rings. The van der Waals surface area contributed by atoms with Crippen molar-refractivity contribution >= 4 is 11.6 Å². The summed E-state index contributed by atoms with van der Waals surface area (Å²) in [6.07, 6.45) is 0. The van der Waals surface area contributed by atoms with Gasteiger partial charge in [0.15, 0.2) is 11.6 Å². The molecule has 2 rings (SSSR count). The Morgan fingerprint density at radius 3 is 2.05 bits per heavy atom. The molecule has 0 atom stereocenters. The lowest BCUT2D eigenvalue weighted by molar-refractivity contribution is 0.0990. The standard InChI is InChI=1S/C17H16O2/c1-11-8-9-14(12(2)10-11)17(19)16-7-5-4-6-15(16)13(3)18/h4-10H,1-3H3. The Morgan fingerprint density at radius 2 is 1.47 bits per heavy atom. The third-order valence-corrected chi connectivity index (χ3v) is 3.18. The van der Waals surface area contributed by atoms with E-state index in [0.717, 1.165) is 11.1 Å². The minimum atomic E-state index is -0.0942. The summed E-state index contributed by atoms with van der Waals surface area (Å²) in [6.45, 7) is 5.38. The first kappa shape index (κ1) is 13.2. The molecule has 0 bridgehead atoms. The number of benzene rings is 2. The maximum Gasteiger partial charge on any atom is 0.194 e. The van der Waals surface area contributed by atoms with Crippen LogP contribution in [-0.4, -0.2) is 11.6 Å². The molecule has 0 radical (unpaired) electrons. The van der Waals surface area contributed by atoms with Gasteiger partial charge in [-0.05, 0) is 26.3 Å². The molecule has 0 spiro atoms. The van der Waals surface area contributed by atoms with Gasteiger partial charge in [0.2, 0.25) is 0 Å². The van der Waals surface area contributed by atoms with E-state index in [4.69, 9.17) is 0 Å². The Morgan fingerprint density at radius 1 is 0.842 bits per heavy atom. The zero-order chi connectivity index (χ0) is 14.0. The molecule has 19 heavy (non-hydrogen) atoms. The van der Waals surface area contributed by atoms with E-state index in [1.54, 1.807) is 24.3 Å². The molecule has 96 valence electrons. The van der Waals surface area contributed by atoms with Gasteiger partial charge in [-0.15, -0.1) is 0 Å². The number of ketones is 2. The fraction of sp³-hybridized carbons (Fsp3) is 0.176. The Bertz CT molecular complexity index is 654. The summed E-state index contributed by atoms with van der Waals surface area (Å²) < 4.78 is 0. The highest BCUT2D eigenvalue weighted by molar-refractivity contribution is 6.15. The second-order valence-corrected chi connectivity index (χ2v) is 4.75. The van der Waals surface area contributed by atoms with Crippen LogP contribution in [-0.2, 0) is 0 Å². The molecule has 2 aromatic carbocycles. The van der Waals surface area contributed by atoms with Gasteiger partial charge in [0.05, 0.1) is 0 Å². The van der Waals surface area contributed by atoms with Crippen molar-refractivity contribution < 1.29 is 9.59 Å². The Labute approximate surface area is 113 Å². The molecule has 0 unspecified atom stereocenters. The van der Waals surface area contributed by atoms with Gasteiger partial charge in [-0.3, -0.25) is 9.59 Å². The van der Waals surface area contributed by atoms with Crippen LogP contribution in [0.4, 0.5) is 0 Å². The van der Waals surface area contributed by atoms with Crippen molar-refractivity contribution in [3.05, 3.63) is 70.3 Å². The van der Waals surface area contributed by atoms with Crippen molar-refractivity contribution in [1.29, 1.82) is 0 Å². The van der Waals surface area contributed by atoms with E-state index in [0.29, 0.717) is 16.7 Å². The molecule has 0 N–H and O–H groups in total. The van der Waals surface area contributed by atoms with Crippen molar-refractivity contribution in [2.75, 3.05) is 0 Å². The van der Waals surface area contributed by atoms with Gasteiger partial charge in [0.1, 0.15) is 0 Å². The molecule has 0 saturated heterocycles. The molecule has 0 aromatic heterocycles. The number of hydrogen-bond acceptors (Lipinski definition) is 2. The summed E-state index contributed by atoms with van der Waals surface area (Å²) in [6, 6.07) is 12.7. The lowest BCUT2D eigenvalue weighted by Crippen LogP contribution is -2.09. The second kappa shape index (κ2) is 5.19. The van der Waals surface area contributed by atoms with Gasteiger partial charge in [0, 0.05) is 16.7 Å². The highest BCUT2D eigenvalue weighted by Gasteiger charge is 2.17. The van der Waals surface area contributed by atoms with Crippen molar-refractivity contribution in [3.63, 3.8) is 0 Å². The Balaban J connectivity index is 2.53. The number of hydrogen-bond donors (Lipinski definition) is 0. The van der Waals surface area contributed by atoms with E-state index in [9.17, 15) is 9.59 Å². The highest BCUT2D eigenvalue weighted by Crippen LogP contribution is 2.18.